The van der Waals surface area contributed by atoms with Crippen LogP contribution >= 0.6 is 11.6 Å². The number of hydrogen-bond acceptors (Lipinski definition) is 3. The second-order valence-electron chi connectivity index (χ2n) is 5.77. The minimum absolute atomic E-state index is 0.0169. The topological polar surface area (TPSA) is 50.4 Å². The van der Waals surface area contributed by atoms with Crippen molar-refractivity contribution in [2.75, 3.05) is 13.2 Å². The van der Waals surface area contributed by atoms with Gasteiger partial charge in [0.2, 0.25) is 0 Å². The molecule has 0 heterocycles. The number of rotatable bonds is 8. The first-order chi connectivity index (χ1) is 9.88. The standard InChI is InChI=1S/C16H25ClN2O2/c1-11(2)8-19-16(20)10-21-15-6-5-14(17)7-13(15)9-18-12(3)4/h5-7,11-12,18H,8-10H2,1-4H3,(H,19,20). The third kappa shape index (κ3) is 7.34. The number of benzene rings is 1. The van der Waals surface area contributed by atoms with Crippen LogP contribution in [0.25, 0.3) is 0 Å². The Kier molecular flexibility index (Phi) is 7.54. The molecule has 1 aromatic rings. The molecule has 1 amide bonds. The van der Waals surface area contributed by atoms with Gasteiger partial charge in [-0.2, -0.15) is 0 Å². The molecule has 2 N–H and O–H groups in total. The number of carbonyl (C=O) groups excluding carboxylic acids is 1. The van der Waals surface area contributed by atoms with E-state index in [9.17, 15) is 4.79 Å². The van der Waals surface area contributed by atoms with Gasteiger partial charge in [-0.25, -0.2) is 0 Å². The lowest BCUT2D eigenvalue weighted by atomic mass is 10.2. The quantitative estimate of drug-likeness (QED) is 0.776. The summed E-state index contributed by atoms with van der Waals surface area (Å²) >= 11 is 6.02. The number of amides is 1. The molecule has 0 saturated carbocycles. The van der Waals surface area contributed by atoms with E-state index in [1.54, 1.807) is 12.1 Å². The number of nitrogens with one attached hydrogen (secondary N) is 2. The van der Waals surface area contributed by atoms with E-state index < -0.39 is 0 Å². The molecule has 0 saturated heterocycles. The number of ether oxygens (including phenoxy) is 1. The molecule has 0 radical (unpaired) electrons. The highest BCUT2D eigenvalue weighted by Gasteiger charge is 2.08. The summed E-state index contributed by atoms with van der Waals surface area (Å²) in [6.45, 7) is 9.58. The van der Waals surface area contributed by atoms with Crippen LogP contribution in [-0.4, -0.2) is 25.1 Å². The van der Waals surface area contributed by atoms with Gasteiger partial charge < -0.3 is 15.4 Å². The highest BCUT2D eigenvalue weighted by molar-refractivity contribution is 6.30. The zero-order chi connectivity index (χ0) is 15.8. The highest BCUT2D eigenvalue weighted by atomic mass is 35.5. The summed E-state index contributed by atoms with van der Waals surface area (Å²) in [6.07, 6.45) is 0. The van der Waals surface area contributed by atoms with Crippen LogP contribution in [0, 0.1) is 5.92 Å². The van der Waals surface area contributed by atoms with Crippen LogP contribution in [-0.2, 0) is 11.3 Å². The summed E-state index contributed by atoms with van der Waals surface area (Å²) in [4.78, 5) is 11.7. The summed E-state index contributed by atoms with van der Waals surface area (Å²) in [6, 6.07) is 5.79. The third-order valence-electron chi connectivity index (χ3n) is 2.79. The maximum Gasteiger partial charge on any atom is 0.257 e. The number of halogens is 1. The molecular formula is C16H25ClN2O2. The van der Waals surface area contributed by atoms with Crippen molar-refractivity contribution in [3.8, 4) is 5.75 Å². The molecule has 0 atom stereocenters. The van der Waals surface area contributed by atoms with E-state index in [0.717, 1.165) is 5.56 Å². The average molecular weight is 313 g/mol. The van der Waals surface area contributed by atoms with Crippen molar-refractivity contribution in [1.82, 2.24) is 10.6 Å². The first-order valence-corrected chi connectivity index (χ1v) is 7.67. The Bertz CT molecular complexity index is 462. The van der Waals surface area contributed by atoms with Gasteiger partial charge in [0.15, 0.2) is 6.61 Å². The molecule has 5 heteroatoms. The molecule has 0 aliphatic rings. The van der Waals surface area contributed by atoms with Crippen molar-refractivity contribution >= 4 is 17.5 Å². The van der Waals surface area contributed by atoms with E-state index in [2.05, 4.69) is 38.3 Å². The number of hydrogen-bond donors (Lipinski definition) is 2. The summed E-state index contributed by atoms with van der Waals surface area (Å²) in [7, 11) is 0. The predicted molar refractivity (Wildman–Crippen MR) is 86.8 cm³/mol. The van der Waals surface area contributed by atoms with E-state index in [1.807, 2.05) is 6.07 Å². The van der Waals surface area contributed by atoms with Gasteiger partial charge in [0.25, 0.3) is 5.91 Å². The normalized spacial score (nSPS) is 11.0. The van der Waals surface area contributed by atoms with Gasteiger partial charge in [-0.05, 0) is 24.1 Å². The van der Waals surface area contributed by atoms with Crippen LogP contribution in [0.5, 0.6) is 5.75 Å². The SMILES string of the molecule is CC(C)CNC(=O)COc1ccc(Cl)cc1CNC(C)C. The molecule has 0 fully saturated rings. The molecule has 0 aliphatic carbocycles. The minimum Gasteiger partial charge on any atom is -0.483 e. The average Bonchev–Trinajstić information content (AvgIpc) is 2.41. The Labute approximate surface area is 132 Å². The van der Waals surface area contributed by atoms with Crippen molar-refractivity contribution in [2.24, 2.45) is 5.92 Å². The monoisotopic (exact) mass is 312 g/mol. The van der Waals surface area contributed by atoms with Crippen molar-refractivity contribution in [2.45, 2.75) is 40.3 Å². The van der Waals surface area contributed by atoms with E-state index in [0.29, 0.717) is 35.8 Å². The maximum atomic E-state index is 11.7. The molecule has 21 heavy (non-hydrogen) atoms. The van der Waals surface area contributed by atoms with Crippen molar-refractivity contribution < 1.29 is 9.53 Å². The lowest BCUT2D eigenvalue weighted by Crippen LogP contribution is -2.32. The van der Waals surface area contributed by atoms with Crippen LogP contribution in [0.2, 0.25) is 5.02 Å². The largest absolute Gasteiger partial charge is 0.483 e. The maximum absolute atomic E-state index is 11.7. The third-order valence-corrected chi connectivity index (χ3v) is 3.02. The molecule has 1 rings (SSSR count). The Morgan fingerprint density at radius 2 is 2.00 bits per heavy atom. The van der Waals surface area contributed by atoms with Gasteiger partial charge >= 0.3 is 0 Å². The van der Waals surface area contributed by atoms with Crippen LogP contribution < -0.4 is 15.4 Å². The van der Waals surface area contributed by atoms with Gasteiger partial charge in [0.05, 0.1) is 0 Å². The minimum atomic E-state index is -0.110. The zero-order valence-electron chi connectivity index (χ0n) is 13.2. The van der Waals surface area contributed by atoms with E-state index in [1.165, 1.54) is 0 Å². The Hall–Kier alpha value is -1.26. The van der Waals surface area contributed by atoms with E-state index in [4.69, 9.17) is 16.3 Å². The van der Waals surface area contributed by atoms with Crippen LogP contribution in [0.3, 0.4) is 0 Å². The van der Waals surface area contributed by atoms with Gasteiger partial charge in [-0.1, -0.05) is 39.3 Å². The van der Waals surface area contributed by atoms with E-state index >= 15 is 0 Å². The van der Waals surface area contributed by atoms with Crippen molar-refractivity contribution in [3.63, 3.8) is 0 Å². The van der Waals surface area contributed by atoms with Crippen LogP contribution in [0.1, 0.15) is 33.3 Å². The molecule has 0 aromatic heterocycles. The van der Waals surface area contributed by atoms with Crippen molar-refractivity contribution in [3.05, 3.63) is 28.8 Å². The summed E-state index contributed by atoms with van der Waals surface area (Å²) in [5.74, 6) is 1.00. The molecule has 0 spiro atoms. The van der Waals surface area contributed by atoms with Gasteiger partial charge in [0, 0.05) is 29.7 Å². The van der Waals surface area contributed by atoms with E-state index in [-0.39, 0.29) is 12.5 Å². The van der Waals surface area contributed by atoms with Crippen LogP contribution in [0.15, 0.2) is 18.2 Å². The Balaban J connectivity index is 2.59. The molecule has 118 valence electrons. The summed E-state index contributed by atoms with van der Waals surface area (Å²) < 4.78 is 5.61. The second-order valence-corrected chi connectivity index (χ2v) is 6.21. The van der Waals surface area contributed by atoms with Gasteiger partial charge in [0.1, 0.15) is 5.75 Å². The molecular weight excluding hydrogens is 288 g/mol. The Morgan fingerprint density at radius 1 is 1.29 bits per heavy atom. The van der Waals surface area contributed by atoms with Crippen molar-refractivity contribution in [1.29, 1.82) is 0 Å². The second kappa shape index (κ2) is 8.90. The highest BCUT2D eigenvalue weighted by Crippen LogP contribution is 2.23. The summed E-state index contributed by atoms with van der Waals surface area (Å²) in [5, 5.41) is 6.81. The van der Waals surface area contributed by atoms with Gasteiger partial charge in [-0.15, -0.1) is 0 Å². The molecule has 1 aromatic carbocycles. The smallest absolute Gasteiger partial charge is 0.257 e. The van der Waals surface area contributed by atoms with Crippen LogP contribution in [0.4, 0.5) is 0 Å². The predicted octanol–water partition coefficient (Wildman–Crippen LogP) is 2.99. The molecule has 4 nitrogen and oxygen atoms in total. The number of carbonyl (C=O) groups is 1. The zero-order valence-corrected chi connectivity index (χ0v) is 14.0. The fourth-order valence-electron chi connectivity index (χ4n) is 1.65. The Morgan fingerprint density at radius 3 is 2.62 bits per heavy atom. The fourth-order valence-corrected chi connectivity index (χ4v) is 1.85. The van der Waals surface area contributed by atoms with Gasteiger partial charge in [-0.3, -0.25) is 4.79 Å². The lowest BCUT2D eigenvalue weighted by Gasteiger charge is -2.14. The lowest BCUT2D eigenvalue weighted by molar-refractivity contribution is -0.123. The first-order valence-electron chi connectivity index (χ1n) is 7.29. The first kappa shape index (κ1) is 17.8. The fraction of sp³-hybridized carbons (Fsp3) is 0.562. The summed E-state index contributed by atoms with van der Waals surface area (Å²) in [5.41, 5.74) is 0.952. The molecule has 0 aliphatic heterocycles. The molecule has 0 bridgehead atoms. The molecule has 0 unspecified atom stereocenters.